The molecule has 2 aromatic rings. The summed E-state index contributed by atoms with van der Waals surface area (Å²) in [7, 11) is 0. The number of halogens is 2. The normalized spacial score (nSPS) is 10.6. The Morgan fingerprint density at radius 2 is 2.28 bits per heavy atom. The molecule has 0 saturated heterocycles. The summed E-state index contributed by atoms with van der Waals surface area (Å²) in [6, 6.07) is 4.48. The average Bonchev–Trinajstić information content (AvgIpc) is 2.78. The number of hydrogen-bond donors (Lipinski definition) is 1. The second-order valence-electron chi connectivity index (χ2n) is 3.50. The molecule has 0 atom stereocenters. The Balaban J connectivity index is 2.30. The van der Waals surface area contributed by atoms with Gasteiger partial charge in [-0.05, 0) is 44.6 Å². The van der Waals surface area contributed by atoms with Gasteiger partial charge in [0, 0.05) is 5.56 Å². The summed E-state index contributed by atoms with van der Waals surface area (Å²) >= 11 is 3.05. The molecule has 1 aromatic carbocycles. The average molecular weight is 315 g/mol. The van der Waals surface area contributed by atoms with Crippen LogP contribution < -0.4 is 0 Å². The van der Waals surface area contributed by atoms with E-state index in [1.54, 1.807) is 12.1 Å². The highest BCUT2D eigenvalue weighted by molar-refractivity contribution is 9.10. The SMILES string of the molecule is O=C(O)CCn1nnnc1-c1ccc(Br)c(F)c1. The highest BCUT2D eigenvalue weighted by Gasteiger charge is 2.11. The first-order chi connectivity index (χ1) is 8.58. The number of nitrogens with zero attached hydrogens (tertiary/aromatic N) is 4. The monoisotopic (exact) mass is 314 g/mol. The van der Waals surface area contributed by atoms with Crippen LogP contribution in [0.4, 0.5) is 4.39 Å². The van der Waals surface area contributed by atoms with Crippen molar-refractivity contribution in [2.24, 2.45) is 0 Å². The molecule has 2 rings (SSSR count). The van der Waals surface area contributed by atoms with Crippen LogP contribution >= 0.6 is 15.9 Å². The van der Waals surface area contributed by atoms with Gasteiger partial charge in [0.2, 0.25) is 0 Å². The fourth-order valence-corrected chi connectivity index (χ4v) is 1.65. The number of tetrazole rings is 1. The van der Waals surface area contributed by atoms with Gasteiger partial charge in [-0.3, -0.25) is 4.79 Å². The standard InChI is InChI=1S/C10H8BrFN4O2/c11-7-2-1-6(5-8(7)12)10-13-14-15-16(10)4-3-9(17)18/h1-2,5H,3-4H2,(H,17,18). The molecule has 0 bridgehead atoms. The van der Waals surface area contributed by atoms with E-state index >= 15 is 0 Å². The highest BCUT2D eigenvalue weighted by atomic mass is 79.9. The minimum Gasteiger partial charge on any atom is -0.481 e. The Bertz CT molecular complexity index is 587. The van der Waals surface area contributed by atoms with Gasteiger partial charge in [0.15, 0.2) is 5.82 Å². The Kier molecular flexibility index (Phi) is 3.66. The summed E-state index contributed by atoms with van der Waals surface area (Å²) < 4.78 is 15.1. The van der Waals surface area contributed by atoms with Gasteiger partial charge in [-0.15, -0.1) is 5.10 Å². The molecule has 0 amide bonds. The first kappa shape index (κ1) is 12.6. The van der Waals surface area contributed by atoms with Gasteiger partial charge in [0.05, 0.1) is 17.4 Å². The van der Waals surface area contributed by atoms with E-state index in [1.807, 2.05) is 0 Å². The van der Waals surface area contributed by atoms with Crippen LogP contribution in [0.5, 0.6) is 0 Å². The van der Waals surface area contributed by atoms with Crippen LogP contribution in [0, 0.1) is 5.82 Å². The minimum absolute atomic E-state index is 0.100. The van der Waals surface area contributed by atoms with Crippen LogP contribution in [0.3, 0.4) is 0 Å². The number of rotatable bonds is 4. The van der Waals surface area contributed by atoms with Gasteiger partial charge in [0.1, 0.15) is 5.82 Å². The van der Waals surface area contributed by atoms with Crippen LogP contribution in [0.15, 0.2) is 22.7 Å². The van der Waals surface area contributed by atoms with Crippen LogP contribution in [0.25, 0.3) is 11.4 Å². The smallest absolute Gasteiger partial charge is 0.305 e. The number of aliphatic carboxylic acids is 1. The number of aryl methyl sites for hydroxylation is 1. The fourth-order valence-electron chi connectivity index (χ4n) is 1.40. The molecule has 1 heterocycles. The molecule has 0 radical (unpaired) electrons. The molecule has 0 spiro atoms. The van der Waals surface area contributed by atoms with E-state index in [0.29, 0.717) is 15.9 Å². The zero-order chi connectivity index (χ0) is 13.1. The third kappa shape index (κ3) is 2.70. The van der Waals surface area contributed by atoms with Crippen LogP contribution in [0.2, 0.25) is 0 Å². The van der Waals surface area contributed by atoms with Crippen molar-refractivity contribution in [2.75, 3.05) is 0 Å². The molecule has 1 N–H and O–H groups in total. The van der Waals surface area contributed by atoms with Crippen molar-refractivity contribution >= 4 is 21.9 Å². The second kappa shape index (κ2) is 5.21. The molecule has 18 heavy (non-hydrogen) atoms. The second-order valence-corrected chi connectivity index (χ2v) is 4.35. The molecular weight excluding hydrogens is 307 g/mol. The molecule has 0 aliphatic heterocycles. The van der Waals surface area contributed by atoms with Crippen LogP contribution in [0.1, 0.15) is 6.42 Å². The van der Waals surface area contributed by atoms with E-state index in [-0.39, 0.29) is 13.0 Å². The molecule has 0 unspecified atom stereocenters. The van der Waals surface area contributed by atoms with Crippen molar-refractivity contribution in [1.82, 2.24) is 20.2 Å². The largest absolute Gasteiger partial charge is 0.481 e. The van der Waals surface area contributed by atoms with E-state index in [9.17, 15) is 9.18 Å². The summed E-state index contributed by atoms with van der Waals surface area (Å²) in [4.78, 5) is 10.5. The maximum absolute atomic E-state index is 13.4. The zero-order valence-electron chi connectivity index (χ0n) is 9.05. The third-order valence-electron chi connectivity index (χ3n) is 2.25. The number of benzene rings is 1. The zero-order valence-corrected chi connectivity index (χ0v) is 10.6. The highest BCUT2D eigenvalue weighted by Crippen LogP contribution is 2.22. The van der Waals surface area contributed by atoms with E-state index < -0.39 is 11.8 Å². The molecule has 0 aliphatic carbocycles. The lowest BCUT2D eigenvalue weighted by Gasteiger charge is -2.03. The molecule has 94 valence electrons. The maximum atomic E-state index is 13.4. The Morgan fingerprint density at radius 1 is 1.50 bits per heavy atom. The van der Waals surface area contributed by atoms with Crippen molar-refractivity contribution < 1.29 is 14.3 Å². The van der Waals surface area contributed by atoms with Gasteiger partial charge in [-0.2, -0.15) is 0 Å². The Hall–Kier alpha value is -1.83. The predicted octanol–water partition coefficient (Wildman–Crippen LogP) is 1.72. The van der Waals surface area contributed by atoms with Gasteiger partial charge >= 0.3 is 5.97 Å². The summed E-state index contributed by atoms with van der Waals surface area (Å²) in [5, 5.41) is 19.5. The molecule has 0 aliphatic rings. The molecule has 6 nitrogen and oxygen atoms in total. The van der Waals surface area contributed by atoms with Crippen molar-refractivity contribution in [2.45, 2.75) is 13.0 Å². The quantitative estimate of drug-likeness (QED) is 0.929. The van der Waals surface area contributed by atoms with E-state index in [2.05, 4.69) is 31.5 Å². The van der Waals surface area contributed by atoms with Crippen LogP contribution in [-0.2, 0) is 11.3 Å². The summed E-state index contributed by atoms with van der Waals surface area (Å²) in [6.45, 7) is 0.134. The number of hydrogen-bond acceptors (Lipinski definition) is 4. The van der Waals surface area contributed by atoms with Crippen LogP contribution in [-0.4, -0.2) is 31.3 Å². The molecule has 8 heteroatoms. The number of carbonyl (C=O) groups is 1. The van der Waals surface area contributed by atoms with Gasteiger partial charge in [-0.25, -0.2) is 9.07 Å². The fraction of sp³-hybridized carbons (Fsp3) is 0.200. The summed E-state index contributed by atoms with van der Waals surface area (Å²) in [5.74, 6) is -1.04. The van der Waals surface area contributed by atoms with Gasteiger partial charge in [-0.1, -0.05) is 0 Å². The summed E-state index contributed by atoms with van der Waals surface area (Å²) in [5.41, 5.74) is 0.492. The van der Waals surface area contributed by atoms with E-state index in [4.69, 9.17) is 5.11 Å². The lowest BCUT2D eigenvalue weighted by atomic mass is 10.2. The number of carboxylic acids is 1. The molecular formula is C10H8BrFN4O2. The molecule has 1 aromatic heterocycles. The number of aromatic nitrogens is 4. The molecule has 0 fully saturated rings. The topological polar surface area (TPSA) is 80.9 Å². The van der Waals surface area contributed by atoms with Crippen molar-refractivity contribution in [3.8, 4) is 11.4 Å². The first-order valence-electron chi connectivity index (χ1n) is 5.01. The Labute approximate surface area is 110 Å². The van der Waals surface area contributed by atoms with Crippen molar-refractivity contribution in [3.05, 3.63) is 28.5 Å². The molecule has 0 saturated carbocycles. The van der Waals surface area contributed by atoms with Gasteiger partial charge < -0.3 is 5.11 Å². The maximum Gasteiger partial charge on any atom is 0.305 e. The van der Waals surface area contributed by atoms with E-state index in [0.717, 1.165) is 0 Å². The van der Waals surface area contributed by atoms with E-state index in [1.165, 1.54) is 10.7 Å². The first-order valence-corrected chi connectivity index (χ1v) is 5.80. The van der Waals surface area contributed by atoms with Crippen molar-refractivity contribution in [1.29, 1.82) is 0 Å². The van der Waals surface area contributed by atoms with Crippen molar-refractivity contribution in [3.63, 3.8) is 0 Å². The summed E-state index contributed by atoms with van der Waals surface area (Å²) in [6.07, 6.45) is -0.100. The Morgan fingerprint density at radius 3 is 2.94 bits per heavy atom. The minimum atomic E-state index is -0.946. The van der Waals surface area contributed by atoms with Gasteiger partial charge in [0.25, 0.3) is 0 Å². The lowest BCUT2D eigenvalue weighted by molar-refractivity contribution is -0.137. The third-order valence-corrected chi connectivity index (χ3v) is 2.89. The lowest BCUT2D eigenvalue weighted by Crippen LogP contribution is -2.07. The predicted molar refractivity (Wildman–Crippen MR) is 63.2 cm³/mol. The number of carboxylic acid groups (broad SMARTS) is 1.